The molecule has 0 aliphatic carbocycles. The number of anilines is 1. The first kappa shape index (κ1) is 17.9. The first-order chi connectivity index (χ1) is 12.7. The van der Waals surface area contributed by atoms with E-state index in [-0.39, 0.29) is 18.5 Å². The van der Waals surface area contributed by atoms with E-state index in [0.717, 1.165) is 16.6 Å². The number of amides is 1. The summed E-state index contributed by atoms with van der Waals surface area (Å²) in [6, 6.07) is 17.9. The summed E-state index contributed by atoms with van der Waals surface area (Å²) in [5.41, 5.74) is 2.95. The maximum Gasteiger partial charge on any atom is 0.240 e. The van der Waals surface area contributed by atoms with Crippen molar-refractivity contribution in [2.45, 2.75) is 26.1 Å². The molecule has 2 N–H and O–H groups in total. The number of hydrogen-bond acceptors (Lipinski definition) is 4. The summed E-state index contributed by atoms with van der Waals surface area (Å²) in [7, 11) is 1.62. The van der Waals surface area contributed by atoms with Crippen LogP contribution in [0.2, 0.25) is 0 Å². The van der Waals surface area contributed by atoms with Crippen LogP contribution >= 0.6 is 0 Å². The van der Waals surface area contributed by atoms with E-state index >= 15 is 0 Å². The summed E-state index contributed by atoms with van der Waals surface area (Å²) in [5, 5.41) is 6.29. The summed E-state index contributed by atoms with van der Waals surface area (Å²) >= 11 is 0. The second-order valence-electron chi connectivity index (χ2n) is 6.27. The number of benzene rings is 2. The zero-order valence-corrected chi connectivity index (χ0v) is 15.1. The Morgan fingerprint density at radius 3 is 2.65 bits per heavy atom. The maximum atomic E-state index is 12.4. The number of para-hydroxylation sites is 2. The fourth-order valence-corrected chi connectivity index (χ4v) is 2.90. The molecule has 1 atom stereocenters. The van der Waals surface area contributed by atoms with Gasteiger partial charge < -0.3 is 19.9 Å². The molecule has 1 unspecified atom stereocenters. The predicted molar refractivity (Wildman–Crippen MR) is 103 cm³/mol. The molecule has 0 aliphatic rings. The lowest BCUT2D eigenvalue weighted by Crippen LogP contribution is -2.37. The van der Waals surface area contributed by atoms with Crippen molar-refractivity contribution >= 4 is 22.9 Å². The van der Waals surface area contributed by atoms with Crippen LogP contribution in [0.25, 0.3) is 11.0 Å². The molecule has 1 amide bonds. The Morgan fingerprint density at radius 1 is 1.15 bits per heavy atom. The second kappa shape index (κ2) is 8.49. The second-order valence-corrected chi connectivity index (χ2v) is 6.27. The molecule has 6 heteroatoms. The lowest BCUT2D eigenvalue weighted by Gasteiger charge is -2.15. The average Bonchev–Trinajstić information content (AvgIpc) is 2.98. The Kier molecular flexibility index (Phi) is 5.86. The molecule has 0 saturated heterocycles. The molecule has 6 nitrogen and oxygen atoms in total. The monoisotopic (exact) mass is 352 g/mol. The van der Waals surface area contributed by atoms with Gasteiger partial charge in [0.15, 0.2) is 0 Å². The molecular weight excluding hydrogens is 328 g/mol. The minimum atomic E-state index is -0.0690. The number of nitrogens with one attached hydrogen (secondary N) is 2. The quantitative estimate of drug-likeness (QED) is 0.654. The van der Waals surface area contributed by atoms with E-state index < -0.39 is 0 Å². The van der Waals surface area contributed by atoms with Crippen LogP contribution < -0.4 is 10.6 Å². The number of ether oxygens (including phenoxy) is 1. The average molecular weight is 352 g/mol. The van der Waals surface area contributed by atoms with Crippen molar-refractivity contribution in [3.8, 4) is 0 Å². The SMILES string of the molecule is COCC(C)NC(=O)Cn1c(NCc2ccccc2)nc2ccccc21. The molecule has 0 saturated carbocycles. The smallest absolute Gasteiger partial charge is 0.240 e. The van der Waals surface area contributed by atoms with Crippen LogP contribution in [-0.2, 0) is 22.6 Å². The highest BCUT2D eigenvalue weighted by atomic mass is 16.5. The lowest BCUT2D eigenvalue weighted by atomic mass is 10.2. The van der Waals surface area contributed by atoms with Gasteiger partial charge in [-0.1, -0.05) is 42.5 Å². The number of rotatable bonds is 8. The van der Waals surface area contributed by atoms with Crippen molar-refractivity contribution < 1.29 is 9.53 Å². The number of carbonyl (C=O) groups is 1. The molecule has 3 rings (SSSR count). The minimum Gasteiger partial charge on any atom is -0.383 e. The summed E-state index contributed by atoms with van der Waals surface area (Å²) in [5.74, 6) is 0.616. The number of imidazole rings is 1. The number of hydrogen-bond donors (Lipinski definition) is 2. The fraction of sp³-hybridized carbons (Fsp3) is 0.300. The molecule has 0 aliphatic heterocycles. The maximum absolute atomic E-state index is 12.4. The van der Waals surface area contributed by atoms with E-state index in [1.54, 1.807) is 7.11 Å². The molecule has 2 aromatic carbocycles. The van der Waals surface area contributed by atoms with E-state index in [9.17, 15) is 4.79 Å². The van der Waals surface area contributed by atoms with Gasteiger partial charge in [-0.3, -0.25) is 4.79 Å². The Balaban J connectivity index is 1.79. The van der Waals surface area contributed by atoms with Crippen LogP contribution in [0.4, 0.5) is 5.95 Å². The van der Waals surface area contributed by atoms with Crippen LogP contribution in [0, 0.1) is 0 Å². The molecule has 0 radical (unpaired) electrons. The molecule has 0 fully saturated rings. The number of methoxy groups -OCH3 is 1. The zero-order valence-electron chi connectivity index (χ0n) is 15.1. The summed E-state index contributed by atoms with van der Waals surface area (Å²) in [6.07, 6.45) is 0. The fourth-order valence-electron chi connectivity index (χ4n) is 2.90. The van der Waals surface area contributed by atoms with Gasteiger partial charge in [0.25, 0.3) is 0 Å². The summed E-state index contributed by atoms with van der Waals surface area (Å²) in [4.78, 5) is 17.1. The number of carbonyl (C=O) groups excluding carboxylic acids is 1. The topological polar surface area (TPSA) is 68.2 Å². The van der Waals surface area contributed by atoms with Crippen LogP contribution in [0.5, 0.6) is 0 Å². The molecular formula is C20H24N4O2. The standard InChI is InChI=1S/C20H24N4O2/c1-15(14-26-2)22-19(25)13-24-18-11-7-6-10-17(18)23-20(24)21-12-16-8-4-3-5-9-16/h3-11,15H,12-14H2,1-2H3,(H,21,23)(H,22,25). The van der Waals surface area contributed by atoms with Crippen molar-refractivity contribution in [3.63, 3.8) is 0 Å². The van der Waals surface area contributed by atoms with Gasteiger partial charge in [-0.25, -0.2) is 4.98 Å². The van der Waals surface area contributed by atoms with Gasteiger partial charge in [0.2, 0.25) is 11.9 Å². The van der Waals surface area contributed by atoms with E-state index in [1.807, 2.05) is 54.0 Å². The van der Waals surface area contributed by atoms with Gasteiger partial charge in [0.1, 0.15) is 6.54 Å². The van der Waals surface area contributed by atoms with Gasteiger partial charge in [0, 0.05) is 19.7 Å². The van der Waals surface area contributed by atoms with Crippen molar-refractivity contribution in [2.75, 3.05) is 19.0 Å². The molecule has 0 bridgehead atoms. The molecule has 3 aromatic rings. The van der Waals surface area contributed by atoms with E-state index in [0.29, 0.717) is 19.1 Å². The normalized spacial score (nSPS) is 12.1. The van der Waals surface area contributed by atoms with Crippen LogP contribution in [0.3, 0.4) is 0 Å². The summed E-state index contributed by atoms with van der Waals surface area (Å²) < 4.78 is 6.98. The van der Waals surface area contributed by atoms with Gasteiger partial charge in [-0.05, 0) is 24.6 Å². The Bertz CT molecular complexity index is 861. The van der Waals surface area contributed by atoms with E-state index in [1.165, 1.54) is 0 Å². The zero-order chi connectivity index (χ0) is 18.4. The highest BCUT2D eigenvalue weighted by Gasteiger charge is 2.14. The first-order valence-corrected chi connectivity index (χ1v) is 8.68. The third-order valence-electron chi connectivity index (χ3n) is 4.07. The molecule has 136 valence electrons. The van der Waals surface area contributed by atoms with Crippen molar-refractivity contribution in [1.82, 2.24) is 14.9 Å². The molecule has 26 heavy (non-hydrogen) atoms. The van der Waals surface area contributed by atoms with E-state index in [2.05, 4.69) is 27.8 Å². The third-order valence-corrected chi connectivity index (χ3v) is 4.07. The van der Waals surface area contributed by atoms with Gasteiger partial charge in [-0.2, -0.15) is 0 Å². The van der Waals surface area contributed by atoms with E-state index in [4.69, 9.17) is 4.74 Å². The Hall–Kier alpha value is -2.86. The largest absolute Gasteiger partial charge is 0.383 e. The minimum absolute atomic E-state index is 0.0389. The molecule has 1 heterocycles. The van der Waals surface area contributed by atoms with Gasteiger partial charge in [-0.15, -0.1) is 0 Å². The Labute approximate surface area is 153 Å². The molecule has 0 spiro atoms. The summed E-state index contributed by atoms with van der Waals surface area (Å²) in [6.45, 7) is 3.25. The first-order valence-electron chi connectivity index (χ1n) is 8.68. The number of aromatic nitrogens is 2. The van der Waals surface area contributed by atoms with Gasteiger partial charge in [0.05, 0.1) is 17.6 Å². The highest BCUT2D eigenvalue weighted by Crippen LogP contribution is 2.20. The lowest BCUT2D eigenvalue weighted by molar-refractivity contribution is -0.122. The highest BCUT2D eigenvalue weighted by molar-refractivity contribution is 5.83. The van der Waals surface area contributed by atoms with Crippen LogP contribution in [0.1, 0.15) is 12.5 Å². The van der Waals surface area contributed by atoms with Crippen molar-refractivity contribution in [2.24, 2.45) is 0 Å². The Morgan fingerprint density at radius 2 is 1.88 bits per heavy atom. The third kappa shape index (κ3) is 4.40. The van der Waals surface area contributed by atoms with Crippen molar-refractivity contribution in [3.05, 3.63) is 60.2 Å². The number of nitrogens with zero attached hydrogens (tertiary/aromatic N) is 2. The number of fused-ring (bicyclic) bond motifs is 1. The molecule has 1 aromatic heterocycles. The van der Waals surface area contributed by atoms with Gasteiger partial charge >= 0.3 is 0 Å². The van der Waals surface area contributed by atoms with Crippen LogP contribution in [0.15, 0.2) is 54.6 Å². The van der Waals surface area contributed by atoms with Crippen LogP contribution in [-0.4, -0.2) is 35.2 Å². The predicted octanol–water partition coefficient (Wildman–Crippen LogP) is 2.80. The van der Waals surface area contributed by atoms with Crippen molar-refractivity contribution in [1.29, 1.82) is 0 Å².